The number of ether oxygens (including phenoxy) is 1. The first-order valence-corrected chi connectivity index (χ1v) is 8.93. The van der Waals surface area contributed by atoms with Gasteiger partial charge in [0.15, 0.2) is 5.82 Å². The maximum atomic E-state index is 12.2. The van der Waals surface area contributed by atoms with E-state index in [-0.39, 0.29) is 6.09 Å². The van der Waals surface area contributed by atoms with Crippen LogP contribution in [-0.2, 0) is 4.74 Å². The van der Waals surface area contributed by atoms with E-state index in [2.05, 4.69) is 46.8 Å². The summed E-state index contributed by atoms with van der Waals surface area (Å²) in [7, 11) is 0. The van der Waals surface area contributed by atoms with Crippen molar-refractivity contribution < 1.29 is 9.53 Å². The molecular formula is C19H28N4O2. The summed E-state index contributed by atoms with van der Waals surface area (Å²) in [6, 6.07) is 6.33. The molecule has 0 saturated carbocycles. The molecule has 0 unspecified atom stereocenters. The molecule has 1 amide bonds. The Balaban J connectivity index is 1.63. The highest BCUT2D eigenvalue weighted by Gasteiger charge is 2.28. The summed E-state index contributed by atoms with van der Waals surface area (Å²) < 4.78 is 7.61. The van der Waals surface area contributed by atoms with Gasteiger partial charge in [-0.15, -0.1) is 0 Å². The topological polar surface area (TPSA) is 63.1 Å². The van der Waals surface area contributed by atoms with Crippen molar-refractivity contribution >= 4 is 6.09 Å². The van der Waals surface area contributed by atoms with Crippen molar-refractivity contribution in [3.05, 3.63) is 35.3 Å². The van der Waals surface area contributed by atoms with Gasteiger partial charge in [0.2, 0.25) is 0 Å². The Morgan fingerprint density at radius 2 is 1.80 bits per heavy atom. The Kier molecular flexibility index (Phi) is 4.62. The van der Waals surface area contributed by atoms with Crippen LogP contribution in [0.25, 0.3) is 5.82 Å². The molecule has 3 heterocycles. The Labute approximate surface area is 149 Å². The van der Waals surface area contributed by atoms with E-state index in [4.69, 9.17) is 4.74 Å². The predicted molar refractivity (Wildman–Crippen MR) is 97.2 cm³/mol. The lowest BCUT2D eigenvalue weighted by Gasteiger charge is -2.33. The van der Waals surface area contributed by atoms with Gasteiger partial charge < -0.3 is 14.2 Å². The fourth-order valence-electron chi connectivity index (χ4n) is 3.38. The zero-order valence-corrected chi connectivity index (χ0v) is 15.8. The minimum absolute atomic E-state index is 0.213. The van der Waals surface area contributed by atoms with Crippen molar-refractivity contribution in [2.75, 3.05) is 13.1 Å². The fourth-order valence-corrected chi connectivity index (χ4v) is 3.38. The van der Waals surface area contributed by atoms with E-state index in [9.17, 15) is 4.79 Å². The quantitative estimate of drug-likeness (QED) is 0.898. The summed E-state index contributed by atoms with van der Waals surface area (Å²) >= 11 is 0. The number of aromatic nitrogens is 3. The Hall–Kier alpha value is -2.24. The number of nitrogens with zero attached hydrogens (tertiary/aromatic N) is 3. The summed E-state index contributed by atoms with van der Waals surface area (Å²) in [6.45, 7) is 11.3. The molecule has 1 N–H and O–H groups in total. The molecule has 1 fully saturated rings. The lowest BCUT2D eigenvalue weighted by Crippen LogP contribution is -2.41. The van der Waals surface area contributed by atoms with Crippen LogP contribution in [0.2, 0.25) is 0 Å². The number of H-pyrrole nitrogens is 1. The van der Waals surface area contributed by atoms with Crippen molar-refractivity contribution in [3.8, 4) is 5.82 Å². The number of carbonyl (C=O) groups excluding carboxylic acids is 1. The fraction of sp³-hybridized carbons (Fsp3) is 0.579. The molecule has 2 aromatic rings. The molecule has 0 radical (unpaired) electrons. The van der Waals surface area contributed by atoms with Gasteiger partial charge >= 0.3 is 6.09 Å². The zero-order valence-electron chi connectivity index (χ0n) is 15.8. The summed E-state index contributed by atoms with van der Waals surface area (Å²) in [5.41, 5.74) is 3.05. The average Bonchev–Trinajstić information content (AvgIpc) is 3.13. The molecule has 0 aromatic carbocycles. The highest BCUT2D eigenvalue weighted by molar-refractivity contribution is 5.68. The van der Waals surface area contributed by atoms with Gasteiger partial charge in [-0.25, -0.2) is 4.79 Å². The molecule has 6 heteroatoms. The first-order valence-electron chi connectivity index (χ1n) is 8.93. The van der Waals surface area contributed by atoms with Gasteiger partial charge in [-0.2, -0.15) is 5.10 Å². The second kappa shape index (κ2) is 6.58. The van der Waals surface area contributed by atoms with Crippen molar-refractivity contribution in [2.24, 2.45) is 0 Å². The Morgan fingerprint density at radius 1 is 1.20 bits per heavy atom. The van der Waals surface area contributed by atoms with E-state index >= 15 is 0 Å². The third-order valence-electron chi connectivity index (χ3n) is 4.67. The van der Waals surface area contributed by atoms with Crippen LogP contribution in [0.1, 0.15) is 56.6 Å². The van der Waals surface area contributed by atoms with Crippen LogP contribution in [-0.4, -0.2) is 44.4 Å². The summed E-state index contributed by atoms with van der Waals surface area (Å²) in [6.07, 6.45) is 1.63. The van der Waals surface area contributed by atoms with Crippen LogP contribution in [0.4, 0.5) is 4.79 Å². The minimum atomic E-state index is -0.446. The number of amides is 1. The molecule has 6 nitrogen and oxygen atoms in total. The molecule has 1 aliphatic rings. The molecule has 2 aromatic heterocycles. The monoisotopic (exact) mass is 344 g/mol. The molecule has 1 aliphatic heterocycles. The molecule has 25 heavy (non-hydrogen) atoms. The highest BCUT2D eigenvalue weighted by atomic mass is 16.6. The van der Waals surface area contributed by atoms with E-state index < -0.39 is 5.60 Å². The highest BCUT2D eigenvalue weighted by Crippen LogP contribution is 2.29. The van der Waals surface area contributed by atoms with Gasteiger partial charge in [0.1, 0.15) is 5.60 Å². The Bertz CT molecular complexity index is 726. The molecule has 0 bridgehead atoms. The molecule has 0 atom stereocenters. The maximum Gasteiger partial charge on any atom is 0.410 e. The van der Waals surface area contributed by atoms with Crippen LogP contribution >= 0.6 is 0 Å². The van der Waals surface area contributed by atoms with Gasteiger partial charge in [0, 0.05) is 42.2 Å². The smallest absolute Gasteiger partial charge is 0.410 e. The third kappa shape index (κ3) is 3.89. The zero-order chi connectivity index (χ0) is 18.2. The normalized spacial score (nSPS) is 16.3. The number of rotatable bonds is 2. The lowest BCUT2D eigenvalue weighted by molar-refractivity contribution is 0.0204. The second-order valence-electron chi connectivity index (χ2n) is 7.87. The van der Waals surface area contributed by atoms with Gasteiger partial charge in [-0.1, -0.05) is 0 Å². The summed E-state index contributed by atoms with van der Waals surface area (Å²) in [5, 5.41) is 7.69. The predicted octanol–water partition coefficient (Wildman–Crippen LogP) is 3.93. The summed E-state index contributed by atoms with van der Waals surface area (Å²) in [5.74, 6) is 1.33. The third-order valence-corrected chi connectivity index (χ3v) is 4.67. The molecule has 136 valence electrons. The van der Waals surface area contributed by atoms with E-state index in [1.54, 1.807) is 4.90 Å². The second-order valence-corrected chi connectivity index (χ2v) is 7.87. The number of likely N-dealkylation sites (tertiary alicyclic amines) is 1. The van der Waals surface area contributed by atoms with Crippen LogP contribution in [0, 0.1) is 13.8 Å². The summed E-state index contributed by atoms with van der Waals surface area (Å²) in [4.78, 5) is 14.0. The number of aromatic amines is 1. The number of carbonyl (C=O) groups is 1. The number of aryl methyl sites for hydroxylation is 2. The van der Waals surface area contributed by atoms with Gasteiger partial charge in [-0.3, -0.25) is 5.10 Å². The Morgan fingerprint density at radius 3 is 2.36 bits per heavy atom. The number of hydrogen-bond acceptors (Lipinski definition) is 3. The number of piperidine rings is 1. The SMILES string of the molecule is Cc1ccc(C)n1-c1cc(C2CCN(C(=O)OC(C)(C)C)CC2)[nH]n1. The van der Waals surface area contributed by atoms with Crippen LogP contribution < -0.4 is 0 Å². The van der Waals surface area contributed by atoms with Crippen molar-refractivity contribution in [2.45, 2.75) is 59.0 Å². The molecule has 1 saturated heterocycles. The minimum Gasteiger partial charge on any atom is -0.444 e. The van der Waals surface area contributed by atoms with Gasteiger partial charge in [-0.05, 0) is 59.6 Å². The molecule has 0 spiro atoms. The number of nitrogens with one attached hydrogen (secondary N) is 1. The average molecular weight is 344 g/mol. The molecule has 0 aliphatic carbocycles. The van der Waals surface area contributed by atoms with Gasteiger partial charge in [0.25, 0.3) is 0 Å². The van der Waals surface area contributed by atoms with Gasteiger partial charge in [0.05, 0.1) is 0 Å². The van der Waals surface area contributed by atoms with Crippen molar-refractivity contribution in [1.29, 1.82) is 0 Å². The van der Waals surface area contributed by atoms with E-state index in [1.165, 1.54) is 11.4 Å². The first-order chi connectivity index (χ1) is 11.7. The standard InChI is InChI=1S/C19H28N4O2/c1-13-6-7-14(2)23(13)17-12-16(20-21-17)15-8-10-22(11-9-15)18(24)25-19(3,4)5/h6-7,12,15H,8-11H2,1-5H3,(H,20,21). The van der Waals surface area contributed by atoms with Crippen LogP contribution in [0.3, 0.4) is 0 Å². The van der Waals surface area contributed by atoms with Crippen molar-refractivity contribution in [3.63, 3.8) is 0 Å². The van der Waals surface area contributed by atoms with Crippen LogP contribution in [0.15, 0.2) is 18.2 Å². The van der Waals surface area contributed by atoms with E-state index in [0.717, 1.165) is 37.4 Å². The largest absolute Gasteiger partial charge is 0.444 e. The van der Waals surface area contributed by atoms with Crippen LogP contribution in [0.5, 0.6) is 0 Å². The molecule has 3 rings (SSSR count). The number of hydrogen-bond donors (Lipinski definition) is 1. The first kappa shape index (κ1) is 17.6. The lowest BCUT2D eigenvalue weighted by atomic mass is 9.94. The maximum absolute atomic E-state index is 12.2. The molecular weight excluding hydrogens is 316 g/mol. The van der Waals surface area contributed by atoms with Crippen molar-refractivity contribution in [1.82, 2.24) is 19.7 Å². The van der Waals surface area contributed by atoms with E-state index in [1.807, 2.05) is 20.8 Å². The van der Waals surface area contributed by atoms with E-state index in [0.29, 0.717) is 5.92 Å².